The van der Waals surface area contributed by atoms with Crippen molar-refractivity contribution < 1.29 is 14.3 Å². The molecule has 0 aliphatic heterocycles. The number of esters is 1. The highest BCUT2D eigenvalue weighted by Gasteiger charge is 2.24. The maximum Gasteiger partial charge on any atom is 0.338 e. The van der Waals surface area contributed by atoms with E-state index in [1.54, 1.807) is 32.0 Å². The number of hydrogen-bond acceptors (Lipinski definition) is 7. The van der Waals surface area contributed by atoms with Gasteiger partial charge in [-0.05, 0) is 32.0 Å². The van der Waals surface area contributed by atoms with Gasteiger partial charge in [-0.1, -0.05) is 11.6 Å². The fraction of sp³-hybridized carbons (Fsp3) is 0.188. The van der Waals surface area contributed by atoms with Crippen LogP contribution in [0.25, 0.3) is 10.2 Å². The van der Waals surface area contributed by atoms with E-state index >= 15 is 0 Å². The Morgan fingerprint density at radius 3 is 2.71 bits per heavy atom. The predicted octanol–water partition coefficient (Wildman–Crippen LogP) is 4.31. The molecule has 0 fully saturated rings. The fourth-order valence-corrected chi connectivity index (χ4v) is 4.50. The highest BCUT2D eigenvalue weighted by Crippen LogP contribution is 2.38. The topological polar surface area (TPSA) is 82.3 Å². The van der Waals surface area contributed by atoms with E-state index in [1.807, 2.05) is 0 Å². The van der Waals surface area contributed by atoms with Crippen LogP contribution in [0.5, 0.6) is 0 Å². The van der Waals surface area contributed by atoms with Crippen LogP contribution in [0.15, 0.2) is 18.2 Å². The van der Waals surface area contributed by atoms with Crippen molar-refractivity contribution in [1.29, 1.82) is 0 Å². The van der Waals surface area contributed by atoms with Crippen LogP contribution >= 0.6 is 34.3 Å². The van der Waals surface area contributed by atoms with Crippen LogP contribution in [0, 0.1) is 6.92 Å². The van der Waals surface area contributed by atoms with Gasteiger partial charge in [0.15, 0.2) is 0 Å². The van der Waals surface area contributed by atoms with Crippen molar-refractivity contribution in [2.75, 3.05) is 12.3 Å². The highest BCUT2D eigenvalue weighted by atomic mass is 35.5. The number of carbonyl (C=O) groups is 2. The van der Waals surface area contributed by atoms with Crippen molar-refractivity contribution in [1.82, 2.24) is 4.98 Å². The first-order valence-corrected chi connectivity index (χ1v) is 9.10. The van der Waals surface area contributed by atoms with E-state index in [0.717, 1.165) is 0 Å². The minimum atomic E-state index is -0.476. The van der Waals surface area contributed by atoms with Gasteiger partial charge in [-0.25, -0.2) is 9.78 Å². The van der Waals surface area contributed by atoms with E-state index in [4.69, 9.17) is 22.1 Å². The molecule has 0 spiro atoms. The van der Waals surface area contributed by atoms with E-state index < -0.39 is 5.97 Å². The third kappa shape index (κ3) is 2.90. The zero-order valence-corrected chi connectivity index (χ0v) is 15.3. The minimum Gasteiger partial charge on any atom is -0.462 e. The average molecular weight is 381 g/mol. The quantitative estimate of drug-likeness (QED) is 0.538. The summed E-state index contributed by atoms with van der Waals surface area (Å²) < 4.78 is 5.61. The van der Waals surface area contributed by atoms with Gasteiger partial charge in [-0.2, -0.15) is 0 Å². The Hall–Kier alpha value is -1.96. The average Bonchev–Trinajstić information content (AvgIpc) is 3.10. The van der Waals surface area contributed by atoms with E-state index in [9.17, 15) is 9.59 Å². The van der Waals surface area contributed by atoms with Gasteiger partial charge in [0.1, 0.15) is 9.71 Å². The van der Waals surface area contributed by atoms with Gasteiger partial charge in [0.2, 0.25) is 5.78 Å². The Balaban J connectivity index is 2.18. The van der Waals surface area contributed by atoms with Crippen LogP contribution in [0.3, 0.4) is 0 Å². The Kier molecular flexibility index (Phi) is 4.58. The molecule has 0 saturated carbocycles. The number of carbonyl (C=O) groups excluding carboxylic acids is 2. The number of aromatic nitrogens is 1. The van der Waals surface area contributed by atoms with Crippen LogP contribution in [0.2, 0.25) is 4.34 Å². The molecule has 3 aromatic heterocycles. The Morgan fingerprint density at radius 1 is 1.33 bits per heavy atom. The van der Waals surface area contributed by atoms with Gasteiger partial charge in [-0.15, -0.1) is 22.7 Å². The maximum absolute atomic E-state index is 12.7. The van der Waals surface area contributed by atoms with Gasteiger partial charge in [-0.3, -0.25) is 4.79 Å². The Morgan fingerprint density at radius 2 is 2.08 bits per heavy atom. The number of nitrogens with two attached hydrogens (primary N) is 1. The summed E-state index contributed by atoms with van der Waals surface area (Å²) in [5.41, 5.74) is 7.42. The number of aryl methyl sites for hydroxylation is 1. The number of pyridine rings is 1. The Labute approximate surface area is 151 Å². The lowest BCUT2D eigenvalue weighted by atomic mass is 10.1. The van der Waals surface area contributed by atoms with Crippen molar-refractivity contribution >= 4 is 61.9 Å². The molecular formula is C16H13ClN2O3S2. The zero-order chi connectivity index (χ0) is 17.4. The molecule has 3 aromatic rings. The molecule has 0 atom stereocenters. The van der Waals surface area contributed by atoms with Gasteiger partial charge in [0.25, 0.3) is 0 Å². The summed E-state index contributed by atoms with van der Waals surface area (Å²) in [7, 11) is 0. The first kappa shape index (κ1) is 16.9. The summed E-state index contributed by atoms with van der Waals surface area (Å²) in [6.45, 7) is 3.76. The number of thiophene rings is 2. The third-order valence-corrected chi connectivity index (χ3v) is 5.65. The molecule has 0 aliphatic carbocycles. The van der Waals surface area contributed by atoms with Crippen molar-refractivity contribution in [3.05, 3.63) is 43.5 Å². The molecule has 0 radical (unpaired) electrons. The molecule has 124 valence electrons. The second-order valence-electron chi connectivity index (χ2n) is 4.99. The van der Waals surface area contributed by atoms with E-state index in [-0.39, 0.29) is 18.1 Å². The summed E-state index contributed by atoms with van der Waals surface area (Å²) in [5, 5.41) is 0.468. The SMILES string of the molecule is CCOC(=O)c1cc(C)nc2sc(C(=O)c3ccc(Cl)s3)c(N)c12. The first-order chi connectivity index (χ1) is 11.4. The largest absolute Gasteiger partial charge is 0.462 e. The monoisotopic (exact) mass is 380 g/mol. The van der Waals surface area contributed by atoms with Crippen LogP contribution < -0.4 is 5.73 Å². The molecule has 24 heavy (non-hydrogen) atoms. The molecule has 0 unspecified atom stereocenters. The lowest BCUT2D eigenvalue weighted by Crippen LogP contribution is -2.07. The van der Waals surface area contributed by atoms with Crippen molar-refractivity contribution in [2.24, 2.45) is 0 Å². The molecular weight excluding hydrogens is 368 g/mol. The predicted molar refractivity (Wildman–Crippen MR) is 97.5 cm³/mol. The third-order valence-electron chi connectivity index (χ3n) is 3.33. The number of fused-ring (bicyclic) bond motifs is 1. The second-order valence-corrected chi connectivity index (χ2v) is 7.70. The lowest BCUT2D eigenvalue weighted by Gasteiger charge is -2.05. The number of halogens is 1. The molecule has 5 nitrogen and oxygen atoms in total. The number of nitrogens with zero attached hydrogens (tertiary/aromatic N) is 1. The first-order valence-electron chi connectivity index (χ1n) is 7.09. The number of rotatable bonds is 4. The molecule has 2 N–H and O–H groups in total. The van der Waals surface area contributed by atoms with Crippen LogP contribution in [0.4, 0.5) is 5.69 Å². The number of ether oxygens (including phenoxy) is 1. The zero-order valence-electron chi connectivity index (χ0n) is 12.9. The minimum absolute atomic E-state index is 0.222. The molecule has 0 bridgehead atoms. The van der Waals surface area contributed by atoms with Crippen molar-refractivity contribution in [3.8, 4) is 0 Å². The molecule has 0 aliphatic rings. The second kappa shape index (κ2) is 6.51. The molecule has 0 saturated heterocycles. The standard InChI is InChI=1S/C16H13ClN2O3S2/c1-3-22-16(21)8-6-7(2)19-15-11(8)12(18)14(24-15)13(20)9-4-5-10(17)23-9/h4-6H,3,18H2,1-2H3. The summed E-state index contributed by atoms with van der Waals surface area (Å²) in [6.07, 6.45) is 0. The van der Waals surface area contributed by atoms with Crippen molar-refractivity contribution in [2.45, 2.75) is 13.8 Å². The van der Waals surface area contributed by atoms with Crippen LogP contribution in [-0.2, 0) is 4.74 Å². The Bertz CT molecular complexity index is 962. The molecule has 8 heteroatoms. The van der Waals surface area contributed by atoms with Crippen molar-refractivity contribution in [3.63, 3.8) is 0 Å². The van der Waals surface area contributed by atoms with E-state index in [0.29, 0.717) is 35.6 Å². The van der Waals surface area contributed by atoms with Gasteiger partial charge in [0.05, 0.1) is 27.1 Å². The van der Waals surface area contributed by atoms with E-state index in [2.05, 4.69) is 4.98 Å². The number of hydrogen-bond donors (Lipinski definition) is 1. The summed E-state index contributed by atoms with van der Waals surface area (Å²) in [5.74, 6) is -0.699. The number of nitrogen functional groups attached to an aromatic ring is 1. The lowest BCUT2D eigenvalue weighted by molar-refractivity contribution is 0.0528. The maximum atomic E-state index is 12.7. The molecule has 3 heterocycles. The van der Waals surface area contributed by atoms with Crippen LogP contribution in [-0.4, -0.2) is 23.3 Å². The van der Waals surface area contributed by atoms with Gasteiger partial charge < -0.3 is 10.5 Å². The summed E-state index contributed by atoms with van der Waals surface area (Å²) in [4.78, 5) is 30.7. The summed E-state index contributed by atoms with van der Waals surface area (Å²) in [6, 6.07) is 4.94. The summed E-state index contributed by atoms with van der Waals surface area (Å²) >= 11 is 8.25. The van der Waals surface area contributed by atoms with Gasteiger partial charge in [0, 0.05) is 11.1 Å². The number of anilines is 1. The molecule has 0 amide bonds. The highest BCUT2D eigenvalue weighted by molar-refractivity contribution is 7.23. The fourth-order valence-electron chi connectivity index (χ4n) is 2.33. The molecule has 0 aromatic carbocycles. The van der Waals surface area contributed by atoms with E-state index in [1.165, 1.54) is 22.7 Å². The smallest absolute Gasteiger partial charge is 0.338 e. The number of ketones is 1. The molecule has 3 rings (SSSR count). The normalized spacial score (nSPS) is 11.0. The van der Waals surface area contributed by atoms with Gasteiger partial charge >= 0.3 is 5.97 Å². The van der Waals surface area contributed by atoms with Crippen LogP contribution in [0.1, 0.15) is 37.5 Å².